The molecule has 0 aromatic heterocycles. The van der Waals surface area contributed by atoms with Crippen LogP contribution in [0.1, 0.15) is 78.9 Å². The van der Waals surface area contributed by atoms with Crippen molar-refractivity contribution in [3.05, 3.63) is 46.1 Å². The van der Waals surface area contributed by atoms with Crippen LogP contribution in [-0.2, 0) is 21.4 Å². The highest BCUT2D eigenvalue weighted by atomic mass is 35.5. The lowest BCUT2D eigenvalue weighted by Gasteiger charge is -2.41. The van der Waals surface area contributed by atoms with Crippen molar-refractivity contribution in [2.75, 3.05) is 6.54 Å². The maximum atomic E-state index is 13.0. The Bertz CT molecular complexity index is 853. The van der Waals surface area contributed by atoms with E-state index in [1.54, 1.807) is 11.8 Å². The highest BCUT2D eigenvalue weighted by Gasteiger charge is 2.40. The largest absolute Gasteiger partial charge is 0.481 e. The summed E-state index contributed by atoms with van der Waals surface area (Å²) in [6.45, 7) is 15.2. The summed E-state index contributed by atoms with van der Waals surface area (Å²) in [7, 11) is 0. The van der Waals surface area contributed by atoms with Crippen LogP contribution >= 0.6 is 11.6 Å². The molecule has 0 aliphatic carbocycles. The zero-order valence-electron chi connectivity index (χ0n) is 20.1. The van der Waals surface area contributed by atoms with Gasteiger partial charge in [0.05, 0.1) is 5.92 Å². The van der Waals surface area contributed by atoms with Gasteiger partial charge in [0, 0.05) is 29.6 Å². The molecule has 0 bridgehead atoms. The van der Waals surface area contributed by atoms with E-state index in [9.17, 15) is 9.59 Å². The van der Waals surface area contributed by atoms with Crippen molar-refractivity contribution in [3.8, 4) is 0 Å². The predicted octanol–water partition coefficient (Wildman–Crippen LogP) is 6.46. The van der Waals surface area contributed by atoms with Gasteiger partial charge in [0.1, 0.15) is 0 Å². The van der Waals surface area contributed by atoms with Crippen LogP contribution in [0.4, 0.5) is 0 Å². The molecule has 1 amide bonds. The highest BCUT2D eigenvalue weighted by Crippen LogP contribution is 2.43. The van der Waals surface area contributed by atoms with Crippen molar-refractivity contribution in [3.63, 3.8) is 0 Å². The molecule has 1 heterocycles. The van der Waals surface area contributed by atoms with Gasteiger partial charge in [-0.25, -0.2) is 0 Å². The number of benzene rings is 1. The van der Waals surface area contributed by atoms with E-state index in [2.05, 4.69) is 53.7 Å². The minimum atomic E-state index is -0.830. The molecule has 0 spiro atoms. The zero-order chi connectivity index (χ0) is 23.6. The van der Waals surface area contributed by atoms with Gasteiger partial charge in [0.2, 0.25) is 5.91 Å². The average molecular weight is 448 g/mol. The number of amides is 1. The first-order chi connectivity index (χ1) is 14.2. The van der Waals surface area contributed by atoms with E-state index >= 15 is 0 Å². The number of hydrogen-bond acceptors (Lipinski definition) is 2. The van der Waals surface area contributed by atoms with Crippen molar-refractivity contribution in [1.29, 1.82) is 0 Å². The van der Waals surface area contributed by atoms with Crippen molar-refractivity contribution in [1.82, 2.24) is 4.90 Å². The first-order valence-corrected chi connectivity index (χ1v) is 11.7. The maximum absolute atomic E-state index is 13.0. The Morgan fingerprint density at radius 1 is 1.26 bits per heavy atom. The number of allylic oxidation sites excluding steroid dienone is 1. The van der Waals surface area contributed by atoms with E-state index in [0.717, 1.165) is 29.0 Å². The summed E-state index contributed by atoms with van der Waals surface area (Å²) in [4.78, 5) is 25.8. The van der Waals surface area contributed by atoms with Gasteiger partial charge in [-0.3, -0.25) is 9.59 Å². The monoisotopic (exact) mass is 447 g/mol. The lowest BCUT2D eigenvalue weighted by Crippen LogP contribution is -2.43. The fourth-order valence-electron chi connectivity index (χ4n) is 4.19. The topological polar surface area (TPSA) is 57.6 Å². The SMILES string of the molecule is CC(C)C1=CN(CCC(C)C(=O)O)C(=O)CC1(C)c1ccc(CCC(C)(C)C)c(Cl)c1. The maximum Gasteiger partial charge on any atom is 0.306 e. The third-order valence-electron chi connectivity index (χ3n) is 6.44. The van der Waals surface area contributed by atoms with Crippen LogP contribution in [0.15, 0.2) is 30.0 Å². The number of carboxylic acid groups (broad SMARTS) is 1. The quantitative estimate of drug-likeness (QED) is 0.497. The van der Waals surface area contributed by atoms with E-state index in [0.29, 0.717) is 19.4 Å². The molecule has 1 aromatic carbocycles. The van der Waals surface area contributed by atoms with Crippen molar-refractivity contribution < 1.29 is 14.7 Å². The molecule has 1 aliphatic rings. The average Bonchev–Trinajstić information content (AvgIpc) is 2.64. The summed E-state index contributed by atoms with van der Waals surface area (Å²) >= 11 is 6.68. The Morgan fingerprint density at radius 2 is 1.90 bits per heavy atom. The fourth-order valence-corrected chi connectivity index (χ4v) is 4.47. The normalized spacial score (nSPS) is 20.7. The number of rotatable bonds is 8. The summed E-state index contributed by atoms with van der Waals surface area (Å²) in [6.07, 6.45) is 4.74. The van der Waals surface area contributed by atoms with Crippen LogP contribution in [-0.4, -0.2) is 28.4 Å². The van der Waals surface area contributed by atoms with Crippen LogP contribution in [0, 0.1) is 17.3 Å². The number of aliphatic carboxylic acids is 1. The predicted molar refractivity (Wildman–Crippen MR) is 127 cm³/mol. The molecule has 1 aromatic rings. The number of halogens is 1. The Balaban J connectivity index is 2.32. The van der Waals surface area contributed by atoms with Gasteiger partial charge in [-0.1, -0.05) is 72.2 Å². The Hall–Kier alpha value is -1.81. The lowest BCUT2D eigenvalue weighted by atomic mass is 9.68. The third kappa shape index (κ3) is 6.35. The molecule has 1 N–H and O–H groups in total. The summed E-state index contributed by atoms with van der Waals surface area (Å²) < 4.78 is 0. The first kappa shape index (κ1) is 25.5. The van der Waals surface area contributed by atoms with Gasteiger partial charge < -0.3 is 10.0 Å². The summed E-state index contributed by atoms with van der Waals surface area (Å²) in [6, 6.07) is 6.26. The zero-order valence-corrected chi connectivity index (χ0v) is 20.8. The van der Waals surface area contributed by atoms with Gasteiger partial charge in [-0.15, -0.1) is 0 Å². The summed E-state index contributed by atoms with van der Waals surface area (Å²) in [5.41, 5.74) is 3.20. The molecular formula is C26H38ClNO3. The molecule has 4 nitrogen and oxygen atoms in total. The van der Waals surface area contributed by atoms with E-state index < -0.39 is 17.3 Å². The van der Waals surface area contributed by atoms with E-state index in [-0.39, 0.29) is 17.2 Å². The van der Waals surface area contributed by atoms with Crippen LogP contribution in [0.2, 0.25) is 5.02 Å². The minimum Gasteiger partial charge on any atom is -0.481 e. The smallest absolute Gasteiger partial charge is 0.306 e. The number of aryl methyl sites for hydroxylation is 1. The van der Waals surface area contributed by atoms with Crippen LogP contribution in [0.25, 0.3) is 0 Å². The lowest BCUT2D eigenvalue weighted by molar-refractivity contribution is -0.142. The molecule has 172 valence electrons. The fraction of sp³-hybridized carbons (Fsp3) is 0.615. The minimum absolute atomic E-state index is 0.0254. The number of nitrogens with zero attached hydrogens (tertiary/aromatic N) is 1. The summed E-state index contributed by atoms with van der Waals surface area (Å²) in [5.74, 6) is -1.03. The Labute approximate surface area is 192 Å². The second-order valence-corrected chi connectivity index (χ2v) is 11.1. The molecule has 2 rings (SSSR count). The third-order valence-corrected chi connectivity index (χ3v) is 6.79. The molecule has 0 fully saturated rings. The molecule has 1 aliphatic heterocycles. The Kier molecular flexibility index (Phi) is 8.02. The molecule has 0 saturated heterocycles. The highest BCUT2D eigenvalue weighted by molar-refractivity contribution is 6.31. The van der Waals surface area contributed by atoms with Gasteiger partial charge in [-0.05, 0) is 53.4 Å². The van der Waals surface area contributed by atoms with Crippen LogP contribution < -0.4 is 0 Å². The molecule has 5 heteroatoms. The second-order valence-electron chi connectivity index (χ2n) is 10.7. The van der Waals surface area contributed by atoms with Gasteiger partial charge >= 0.3 is 5.97 Å². The van der Waals surface area contributed by atoms with Crippen molar-refractivity contribution >= 4 is 23.5 Å². The second kappa shape index (κ2) is 9.77. The molecule has 2 atom stereocenters. The molecule has 31 heavy (non-hydrogen) atoms. The molecular weight excluding hydrogens is 410 g/mol. The van der Waals surface area contributed by atoms with Gasteiger partial charge in [-0.2, -0.15) is 0 Å². The van der Waals surface area contributed by atoms with Crippen LogP contribution in [0.3, 0.4) is 0 Å². The number of hydrogen-bond donors (Lipinski definition) is 1. The van der Waals surface area contributed by atoms with Crippen molar-refractivity contribution in [2.45, 2.75) is 79.6 Å². The number of carbonyl (C=O) groups excluding carboxylic acids is 1. The standard InChI is InChI=1S/C26H38ClNO3/c1-17(2)21-16-28(13-11-18(3)24(30)31)23(29)15-26(21,7)20-9-8-19(22(27)14-20)10-12-25(4,5)6/h8-9,14,16-18H,10-13,15H2,1-7H3,(H,30,31). The first-order valence-electron chi connectivity index (χ1n) is 11.3. The van der Waals surface area contributed by atoms with Crippen molar-refractivity contribution in [2.24, 2.45) is 17.3 Å². The Morgan fingerprint density at radius 3 is 2.42 bits per heavy atom. The van der Waals surface area contributed by atoms with E-state index in [4.69, 9.17) is 16.7 Å². The number of carbonyl (C=O) groups is 2. The van der Waals surface area contributed by atoms with E-state index in [1.807, 2.05) is 12.3 Å². The molecule has 0 radical (unpaired) electrons. The molecule has 0 saturated carbocycles. The molecule has 2 unspecified atom stereocenters. The summed E-state index contributed by atoms with van der Waals surface area (Å²) in [5, 5.41) is 9.91. The van der Waals surface area contributed by atoms with Crippen LogP contribution in [0.5, 0.6) is 0 Å². The van der Waals surface area contributed by atoms with E-state index in [1.165, 1.54) is 5.57 Å². The van der Waals surface area contributed by atoms with Gasteiger partial charge in [0.25, 0.3) is 0 Å². The number of carboxylic acids is 1. The van der Waals surface area contributed by atoms with Gasteiger partial charge in [0.15, 0.2) is 0 Å².